The Morgan fingerprint density at radius 2 is 1.90 bits per heavy atom. The van der Waals surface area contributed by atoms with E-state index in [0.717, 1.165) is 38.2 Å². The lowest BCUT2D eigenvalue weighted by Crippen LogP contribution is -2.46. The highest BCUT2D eigenvalue weighted by molar-refractivity contribution is 6.30. The zero-order chi connectivity index (χ0) is 13.8. The Labute approximate surface area is 144 Å². The molecule has 1 saturated heterocycles. The number of halogens is 4. The molecule has 2 nitrogen and oxygen atoms in total. The molecule has 1 aliphatic heterocycles. The molecule has 1 heterocycles. The second-order valence-electron chi connectivity index (χ2n) is 5.29. The van der Waals surface area contributed by atoms with Crippen molar-refractivity contribution in [3.8, 4) is 0 Å². The molecule has 1 aliphatic rings. The highest BCUT2D eigenvalue weighted by Gasteiger charge is 2.26. The van der Waals surface area contributed by atoms with E-state index >= 15 is 0 Å². The van der Waals surface area contributed by atoms with Crippen LogP contribution in [0.5, 0.6) is 0 Å². The van der Waals surface area contributed by atoms with Crippen molar-refractivity contribution in [1.29, 1.82) is 0 Å². The summed E-state index contributed by atoms with van der Waals surface area (Å²) in [6.45, 7) is 8.55. The molecule has 0 spiro atoms. The van der Waals surface area contributed by atoms with E-state index in [4.69, 9.17) is 11.6 Å². The van der Waals surface area contributed by atoms with E-state index in [1.807, 2.05) is 6.07 Å². The largest absolute Gasteiger partial charge is 0.314 e. The molecule has 2 atom stereocenters. The first kappa shape index (κ1) is 20.9. The lowest BCUT2D eigenvalue weighted by atomic mass is 9.90. The summed E-state index contributed by atoms with van der Waals surface area (Å²) >= 11 is 5.94. The summed E-state index contributed by atoms with van der Waals surface area (Å²) in [5.41, 5.74) is 1.13. The van der Waals surface area contributed by atoms with Crippen LogP contribution in [0, 0.1) is 11.7 Å². The fourth-order valence-corrected chi connectivity index (χ4v) is 2.97. The highest BCUT2D eigenvalue weighted by Crippen LogP contribution is 2.32. The van der Waals surface area contributed by atoms with Gasteiger partial charge in [-0.05, 0) is 23.6 Å². The summed E-state index contributed by atoms with van der Waals surface area (Å²) in [7, 11) is 0. The lowest BCUT2D eigenvalue weighted by Gasteiger charge is -2.38. The van der Waals surface area contributed by atoms with Crippen LogP contribution in [0.4, 0.5) is 4.39 Å². The average molecular weight is 358 g/mol. The van der Waals surface area contributed by atoms with Crippen molar-refractivity contribution >= 4 is 36.4 Å². The maximum atomic E-state index is 13.3. The van der Waals surface area contributed by atoms with Gasteiger partial charge in [-0.3, -0.25) is 4.90 Å². The predicted octanol–water partition coefficient (Wildman–Crippen LogP) is 4.32. The number of benzene rings is 1. The molecule has 2 rings (SSSR count). The fraction of sp³-hybridized carbons (Fsp3) is 0.600. The van der Waals surface area contributed by atoms with Gasteiger partial charge in [-0.2, -0.15) is 0 Å². The van der Waals surface area contributed by atoms with E-state index in [2.05, 4.69) is 24.1 Å². The van der Waals surface area contributed by atoms with Gasteiger partial charge in [0.2, 0.25) is 0 Å². The number of rotatable bonds is 4. The Morgan fingerprint density at radius 1 is 1.29 bits per heavy atom. The van der Waals surface area contributed by atoms with Crippen LogP contribution in [-0.2, 0) is 0 Å². The van der Waals surface area contributed by atoms with E-state index in [-0.39, 0.29) is 35.7 Å². The molecule has 1 N–H and O–H groups in total. The predicted molar refractivity (Wildman–Crippen MR) is 92.5 cm³/mol. The number of piperazine rings is 1. The zero-order valence-corrected chi connectivity index (χ0v) is 14.8. The van der Waals surface area contributed by atoms with E-state index < -0.39 is 0 Å². The van der Waals surface area contributed by atoms with Crippen molar-refractivity contribution in [3.05, 3.63) is 34.6 Å². The topological polar surface area (TPSA) is 15.3 Å². The van der Waals surface area contributed by atoms with E-state index in [1.54, 1.807) is 6.07 Å². The lowest BCUT2D eigenvalue weighted by molar-refractivity contribution is 0.128. The van der Waals surface area contributed by atoms with Crippen molar-refractivity contribution in [2.75, 3.05) is 26.2 Å². The van der Waals surface area contributed by atoms with Gasteiger partial charge in [-0.15, -0.1) is 24.8 Å². The van der Waals surface area contributed by atoms with Crippen LogP contribution in [0.1, 0.15) is 31.9 Å². The summed E-state index contributed by atoms with van der Waals surface area (Å²) in [6, 6.07) is 5.47. The number of nitrogens with zero attached hydrogens (tertiary/aromatic N) is 1. The van der Waals surface area contributed by atoms with Gasteiger partial charge in [0.25, 0.3) is 0 Å². The molecule has 1 aromatic rings. The second-order valence-corrected chi connectivity index (χ2v) is 5.70. The molecule has 21 heavy (non-hydrogen) atoms. The average Bonchev–Trinajstić information content (AvgIpc) is 2.44. The van der Waals surface area contributed by atoms with Crippen LogP contribution in [0.3, 0.4) is 0 Å². The summed E-state index contributed by atoms with van der Waals surface area (Å²) in [5, 5.41) is 3.59. The molecule has 0 saturated carbocycles. The van der Waals surface area contributed by atoms with Gasteiger partial charge in [-0.1, -0.05) is 37.9 Å². The van der Waals surface area contributed by atoms with E-state index in [1.165, 1.54) is 6.07 Å². The SMILES string of the molecule is CCC(C)[C@@H](c1ccc(F)c(Cl)c1)N1CCNCC1.Cl.Cl. The Morgan fingerprint density at radius 3 is 2.43 bits per heavy atom. The summed E-state index contributed by atoms with van der Waals surface area (Å²) in [5.74, 6) is 0.188. The quantitative estimate of drug-likeness (QED) is 0.863. The Balaban J connectivity index is 0.00000200. The first-order valence-electron chi connectivity index (χ1n) is 7.03. The van der Waals surface area contributed by atoms with Crippen LogP contribution in [0.25, 0.3) is 0 Å². The van der Waals surface area contributed by atoms with Crippen LogP contribution in [0.15, 0.2) is 18.2 Å². The maximum absolute atomic E-state index is 13.3. The Bertz CT molecular complexity index is 425. The summed E-state index contributed by atoms with van der Waals surface area (Å²) in [4.78, 5) is 2.48. The molecule has 1 aromatic carbocycles. The minimum Gasteiger partial charge on any atom is -0.314 e. The van der Waals surface area contributed by atoms with Crippen LogP contribution >= 0.6 is 36.4 Å². The maximum Gasteiger partial charge on any atom is 0.141 e. The molecule has 0 aromatic heterocycles. The molecule has 0 radical (unpaired) electrons. The van der Waals surface area contributed by atoms with Gasteiger partial charge >= 0.3 is 0 Å². The smallest absolute Gasteiger partial charge is 0.141 e. The van der Waals surface area contributed by atoms with Gasteiger partial charge in [-0.25, -0.2) is 4.39 Å². The standard InChI is InChI=1S/C15H22ClFN2.2ClH/c1-3-11(2)15(19-8-6-18-7-9-19)12-4-5-14(17)13(16)10-12;;/h4-5,10-11,15,18H,3,6-9H2,1-2H3;2*1H/t11?,15-;;/m0../s1. The Kier molecular flexibility index (Phi) is 9.83. The number of hydrogen-bond acceptors (Lipinski definition) is 2. The second kappa shape index (κ2) is 9.86. The summed E-state index contributed by atoms with van der Waals surface area (Å²) < 4.78 is 13.3. The minimum atomic E-state index is -0.339. The van der Waals surface area contributed by atoms with Gasteiger partial charge in [0.15, 0.2) is 0 Å². The van der Waals surface area contributed by atoms with E-state index in [9.17, 15) is 4.39 Å². The number of hydrogen-bond donors (Lipinski definition) is 1. The van der Waals surface area contributed by atoms with Crippen molar-refractivity contribution in [1.82, 2.24) is 10.2 Å². The Hall–Kier alpha value is -0.0600. The molecule has 0 bridgehead atoms. The first-order valence-corrected chi connectivity index (χ1v) is 7.41. The number of nitrogens with one attached hydrogen (secondary N) is 1. The van der Waals surface area contributed by atoms with Crippen molar-refractivity contribution in [2.24, 2.45) is 5.92 Å². The monoisotopic (exact) mass is 356 g/mol. The van der Waals surface area contributed by atoms with Crippen molar-refractivity contribution < 1.29 is 4.39 Å². The molecular formula is C15H24Cl3FN2. The molecule has 1 unspecified atom stereocenters. The van der Waals surface area contributed by atoms with E-state index in [0.29, 0.717) is 12.0 Å². The van der Waals surface area contributed by atoms with Gasteiger partial charge in [0.05, 0.1) is 5.02 Å². The fourth-order valence-electron chi connectivity index (χ4n) is 2.78. The molecular weight excluding hydrogens is 334 g/mol. The molecule has 122 valence electrons. The molecule has 0 aliphatic carbocycles. The van der Waals surface area contributed by atoms with Crippen molar-refractivity contribution in [2.45, 2.75) is 26.3 Å². The minimum absolute atomic E-state index is 0. The third-order valence-electron chi connectivity index (χ3n) is 4.01. The van der Waals surface area contributed by atoms with Crippen LogP contribution < -0.4 is 5.32 Å². The van der Waals surface area contributed by atoms with Gasteiger partial charge in [0, 0.05) is 32.2 Å². The normalized spacial score (nSPS) is 18.3. The zero-order valence-electron chi connectivity index (χ0n) is 12.4. The third-order valence-corrected chi connectivity index (χ3v) is 4.30. The summed E-state index contributed by atoms with van der Waals surface area (Å²) in [6.07, 6.45) is 1.10. The van der Waals surface area contributed by atoms with Crippen LogP contribution in [0.2, 0.25) is 5.02 Å². The third kappa shape index (κ3) is 5.26. The molecule has 6 heteroatoms. The van der Waals surface area contributed by atoms with Crippen LogP contribution in [-0.4, -0.2) is 31.1 Å². The van der Waals surface area contributed by atoms with Gasteiger partial charge in [0.1, 0.15) is 5.82 Å². The molecule has 1 fully saturated rings. The molecule has 0 amide bonds. The van der Waals surface area contributed by atoms with Crippen molar-refractivity contribution in [3.63, 3.8) is 0 Å². The first-order chi connectivity index (χ1) is 9.13. The highest BCUT2D eigenvalue weighted by atomic mass is 35.5. The van der Waals surface area contributed by atoms with Gasteiger partial charge < -0.3 is 5.32 Å².